The lowest BCUT2D eigenvalue weighted by Gasteiger charge is -2.47. The molecule has 0 radical (unpaired) electrons. The summed E-state index contributed by atoms with van der Waals surface area (Å²) >= 11 is 13.8. The van der Waals surface area contributed by atoms with Crippen molar-refractivity contribution in [1.82, 2.24) is 9.78 Å². The number of halogens is 3. The molecule has 0 aliphatic heterocycles. The number of hydrogen-bond acceptors (Lipinski definition) is 3. The number of rotatable bonds is 3. The summed E-state index contributed by atoms with van der Waals surface area (Å²) in [6, 6.07) is 8.18. The van der Waals surface area contributed by atoms with Crippen LogP contribution < -0.4 is 0 Å². The van der Waals surface area contributed by atoms with Gasteiger partial charge in [0.1, 0.15) is 10.2 Å². The maximum absolute atomic E-state index is 13.3. The monoisotopic (exact) mass is 462 g/mol. The van der Waals surface area contributed by atoms with E-state index in [-0.39, 0.29) is 17.2 Å². The number of aliphatic hydroxyl groups is 1. The zero-order valence-electron chi connectivity index (χ0n) is 16.4. The molecule has 2 aromatic heterocycles. The lowest BCUT2D eigenvalue weighted by atomic mass is 9.58. The molecule has 30 heavy (non-hydrogen) atoms. The van der Waals surface area contributed by atoms with E-state index in [4.69, 9.17) is 23.2 Å². The van der Waals surface area contributed by atoms with Crippen molar-refractivity contribution in [3.05, 3.63) is 73.4 Å². The molecule has 1 N–H and O–H groups in total. The first-order valence-corrected chi connectivity index (χ1v) is 11.6. The second-order valence-electron chi connectivity index (χ2n) is 8.43. The van der Waals surface area contributed by atoms with E-state index < -0.39 is 6.10 Å². The molecule has 1 saturated carbocycles. The zero-order chi connectivity index (χ0) is 21.0. The topological polar surface area (TPSA) is 38.0 Å². The van der Waals surface area contributed by atoms with Gasteiger partial charge in [0.2, 0.25) is 0 Å². The smallest absolute Gasteiger partial charge is 0.123 e. The van der Waals surface area contributed by atoms with E-state index in [2.05, 4.69) is 18.1 Å². The largest absolute Gasteiger partial charge is 0.388 e. The summed E-state index contributed by atoms with van der Waals surface area (Å²) in [5.74, 6) is -0.218. The average Bonchev–Trinajstić information content (AvgIpc) is 3.27. The Morgan fingerprint density at radius 3 is 2.77 bits per heavy atom. The maximum atomic E-state index is 13.3. The highest BCUT2D eigenvalue weighted by Gasteiger charge is 2.47. The van der Waals surface area contributed by atoms with E-state index in [0.717, 1.165) is 48.2 Å². The summed E-state index contributed by atoms with van der Waals surface area (Å²) in [5.41, 5.74) is 4.89. The Hall–Kier alpha value is -1.66. The summed E-state index contributed by atoms with van der Waals surface area (Å²) < 4.78 is 16.4. The van der Waals surface area contributed by atoms with Crippen LogP contribution in [0.25, 0.3) is 11.8 Å². The molecule has 0 unspecified atom stereocenters. The van der Waals surface area contributed by atoms with Crippen molar-refractivity contribution in [2.45, 2.75) is 38.7 Å². The molecule has 1 aromatic carbocycles. The van der Waals surface area contributed by atoms with E-state index >= 15 is 0 Å². The molecule has 2 heterocycles. The zero-order valence-corrected chi connectivity index (χ0v) is 18.7. The molecule has 2 aliphatic carbocycles. The van der Waals surface area contributed by atoms with Gasteiger partial charge in [-0.15, -0.1) is 11.3 Å². The first-order valence-electron chi connectivity index (χ1n) is 10.0. The van der Waals surface area contributed by atoms with Crippen LogP contribution >= 0.6 is 34.5 Å². The maximum Gasteiger partial charge on any atom is 0.123 e. The highest BCUT2D eigenvalue weighted by molar-refractivity contribution is 7.20. The Morgan fingerprint density at radius 1 is 1.30 bits per heavy atom. The fourth-order valence-corrected chi connectivity index (χ4v) is 6.68. The normalized spacial score (nSPS) is 24.2. The van der Waals surface area contributed by atoms with Crippen LogP contribution in [0.15, 0.2) is 42.1 Å². The van der Waals surface area contributed by atoms with E-state index in [1.54, 1.807) is 18.2 Å². The van der Waals surface area contributed by atoms with Gasteiger partial charge in [0.05, 0.1) is 28.0 Å². The van der Waals surface area contributed by atoms with Crippen LogP contribution in [0.3, 0.4) is 0 Å². The van der Waals surface area contributed by atoms with Crippen molar-refractivity contribution in [1.29, 1.82) is 0 Å². The number of benzene rings is 1. The first-order chi connectivity index (χ1) is 14.4. The quantitative estimate of drug-likeness (QED) is 0.461. The molecule has 1 fully saturated rings. The van der Waals surface area contributed by atoms with Gasteiger partial charge in [0, 0.05) is 5.56 Å². The summed E-state index contributed by atoms with van der Waals surface area (Å²) in [6.45, 7) is 2.24. The van der Waals surface area contributed by atoms with Crippen molar-refractivity contribution < 1.29 is 9.50 Å². The summed E-state index contributed by atoms with van der Waals surface area (Å²) in [5, 5.41) is 15.9. The molecular weight excluding hydrogens is 442 g/mol. The lowest BCUT2D eigenvalue weighted by Crippen LogP contribution is -2.40. The molecule has 3 aromatic rings. The van der Waals surface area contributed by atoms with E-state index in [9.17, 15) is 9.50 Å². The second kappa shape index (κ2) is 7.49. The highest BCUT2D eigenvalue weighted by Crippen LogP contribution is 2.55. The molecule has 2 aliphatic rings. The number of aliphatic hydroxyl groups excluding tert-OH is 1. The van der Waals surface area contributed by atoms with Crippen molar-refractivity contribution in [3.8, 4) is 5.69 Å². The number of thiophene rings is 1. The number of nitrogens with zero attached hydrogens (tertiary/aromatic N) is 2. The van der Waals surface area contributed by atoms with Crippen molar-refractivity contribution in [3.63, 3.8) is 0 Å². The van der Waals surface area contributed by atoms with Crippen molar-refractivity contribution >= 4 is 40.6 Å². The molecule has 3 atom stereocenters. The summed E-state index contributed by atoms with van der Waals surface area (Å²) in [6.07, 6.45) is 7.18. The SMILES string of the molecule is C[C@]12Cc3cnn(-c4ccc(F)cc4)c3C=C1CCC[C@@H]2[C@@H](O)c1cc(Cl)sc1Cl. The summed E-state index contributed by atoms with van der Waals surface area (Å²) in [7, 11) is 0. The fraction of sp³-hybridized carbons (Fsp3) is 0.348. The Bertz CT molecular complexity index is 1140. The number of aromatic nitrogens is 2. The van der Waals surface area contributed by atoms with E-state index in [1.807, 2.05) is 10.9 Å². The third-order valence-electron chi connectivity index (χ3n) is 6.72. The fourth-order valence-electron chi connectivity index (χ4n) is 5.14. The molecule has 0 amide bonds. The Morgan fingerprint density at radius 2 is 2.07 bits per heavy atom. The van der Waals surface area contributed by atoms with Crippen LogP contribution in [0.5, 0.6) is 0 Å². The van der Waals surface area contributed by atoms with Gasteiger partial charge < -0.3 is 5.11 Å². The Labute approximate surface area is 188 Å². The van der Waals surface area contributed by atoms with Gasteiger partial charge in [0.25, 0.3) is 0 Å². The number of allylic oxidation sites excluding steroid dienone is 1. The molecule has 0 bridgehead atoms. The lowest BCUT2D eigenvalue weighted by molar-refractivity contribution is 0.0220. The van der Waals surface area contributed by atoms with E-state index in [0.29, 0.717) is 8.67 Å². The molecule has 156 valence electrons. The third-order valence-corrected chi connectivity index (χ3v) is 8.24. The van der Waals surface area contributed by atoms with Crippen LogP contribution in [0.1, 0.15) is 49.1 Å². The predicted octanol–water partition coefficient (Wildman–Crippen LogP) is 6.86. The van der Waals surface area contributed by atoms with Crippen LogP contribution in [0.4, 0.5) is 4.39 Å². The molecule has 3 nitrogen and oxygen atoms in total. The molecular formula is C23H21Cl2FN2OS. The minimum atomic E-state index is -0.663. The standard InChI is InChI=1S/C23H21Cl2FN2OS/c1-23-11-13-12-27-28(16-7-5-15(26)6-8-16)19(13)9-14(23)3-2-4-18(23)21(29)17-10-20(24)30-22(17)25/h5-10,12,18,21,29H,2-4,11H2,1H3/t18-,21+,23+/m1/s1. The van der Waals surface area contributed by atoms with Gasteiger partial charge in [-0.05, 0) is 79.0 Å². The first kappa shape index (κ1) is 20.3. The third kappa shape index (κ3) is 3.23. The van der Waals surface area contributed by atoms with E-state index in [1.165, 1.54) is 29.0 Å². The van der Waals surface area contributed by atoms with Gasteiger partial charge in [-0.25, -0.2) is 9.07 Å². The van der Waals surface area contributed by atoms with Crippen molar-refractivity contribution in [2.75, 3.05) is 0 Å². The molecule has 0 saturated heterocycles. The predicted molar refractivity (Wildman–Crippen MR) is 120 cm³/mol. The van der Waals surface area contributed by atoms with Gasteiger partial charge in [-0.3, -0.25) is 0 Å². The molecule has 7 heteroatoms. The van der Waals surface area contributed by atoms with Crippen LogP contribution in [0.2, 0.25) is 8.67 Å². The van der Waals surface area contributed by atoms with Crippen LogP contribution in [-0.4, -0.2) is 14.9 Å². The Balaban J connectivity index is 1.53. The minimum Gasteiger partial charge on any atom is -0.388 e. The van der Waals surface area contributed by atoms with Gasteiger partial charge in [0.15, 0.2) is 0 Å². The second-order valence-corrected chi connectivity index (χ2v) is 10.7. The molecule has 5 rings (SSSR count). The van der Waals surface area contributed by atoms with Crippen LogP contribution in [-0.2, 0) is 6.42 Å². The van der Waals surface area contributed by atoms with Crippen LogP contribution in [0, 0.1) is 17.2 Å². The van der Waals surface area contributed by atoms with Crippen molar-refractivity contribution in [2.24, 2.45) is 11.3 Å². The van der Waals surface area contributed by atoms with Gasteiger partial charge in [-0.1, -0.05) is 35.7 Å². The number of hydrogen-bond donors (Lipinski definition) is 1. The van der Waals surface area contributed by atoms with Gasteiger partial charge in [-0.2, -0.15) is 5.10 Å². The Kier molecular flexibility index (Phi) is 5.05. The number of fused-ring (bicyclic) bond motifs is 2. The average molecular weight is 463 g/mol. The minimum absolute atomic E-state index is 0.0444. The molecule has 0 spiro atoms. The van der Waals surface area contributed by atoms with Gasteiger partial charge >= 0.3 is 0 Å². The highest BCUT2D eigenvalue weighted by atomic mass is 35.5. The summed E-state index contributed by atoms with van der Waals surface area (Å²) in [4.78, 5) is 0.